The molecule has 1 N–H and O–H groups in total. The first-order valence-corrected chi connectivity index (χ1v) is 5.54. The minimum Gasteiger partial charge on any atom is -0.308 e. The van der Waals surface area contributed by atoms with E-state index >= 15 is 0 Å². The summed E-state index contributed by atoms with van der Waals surface area (Å²) in [5, 5.41) is 7.79. The first-order valence-electron chi connectivity index (χ1n) is 5.54. The van der Waals surface area contributed by atoms with Crippen molar-refractivity contribution in [3.05, 3.63) is 18.0 Å². The molecule has 1 aliphatic rings. The van der Waals surface area contributed by atoms with Crippen LogP contribution in [0, 0.1) is 11.8 Å². The zero-order valence-electron chi connectivity index (χ0n) is 9.16. The van der Waals surface area contributed by atoms with Crippen LogP contribution in [-0.2, 0) is 13.1 Å². The van der Waals surface area contributed by atoms with Crippen LogP contribution < -0.4 is 5.32 Å². The van der Waals surface area contributed by atoms with Gasteiger partial charge in [0.05, 0.1) is 12.2 Å². The number of rotatable bonds is 5. The average Bonchev–Trinajstić information content (AvgIpc) is 2.97. The standard InChI is InChI=1S/C12H17N3/c1-2-3-4-9-15-12(7-8-14-15)10-13-11-5-6-11/h7-8,11,13H,4-6,9-10H2,1H3. The van der Waals surface area contributed by atoms with Crippen molar-refractivity contribution in [3.8, 4) is 11.8 Å². The second-order valence-electron chi connectivity index (χ2n) is 3.88. The van der Waals surface area contributed by atoms with Gasteiger partial charge in [0.25, 0.3) is 0 Å². The lowest BCUT2D eigenvalue weighted by molar-refractivity contribution is 0.564. The van der Waals surface area contributed by atoms with Crippen molar-refractivity contribution in [1.82, 2.24) is 15.1 Å². The molecule has 0 saturated heterocycles. The van der Waals surface area contributed by atoms with Gasteiger partial charge in [-0.25, -0.2) is 0 Å². The minimum atomic E-state index is 0.754. The number of hydrogen-bond acceptors (Lipinski definition) is 2. The molecule has 1 aliphatic carbocycles. The van der Waals surface area contributed by atoms with Crippen molar-refractivity contribution in [3.63, 3.8) is 0 Å². The lowest BCUT2D eigenvalue weighted by Gasteiger charge is -2.06. The highest BCUT2D eigenvalue weighted by atomic mass is 15.3. The van der Waals surface area contributed by atoms with E-state index in [1.54, 1.807) is 0 Å². The van der Waals surface area contributed by atoms with E-state index in [-0.39, 0.29) is 0 Å². The molecule has 1 heterocycles. The lowest BCUT2D eigenvalue weighted by atomic mass is 10.3. The molecule has 1 saturated carbocycles. The lowest BCUT2D eigenvalue weighted by Crippen LogP contribution is -2.18. The van der Waals surface area contributed by atoms with Crippen LogP contribution in [-0.4, -0.2) is 15.8 Å². The smallest absolute Gasteiger partial charge is 0.0522 e. The molecule has 15 heavy (non-hydrogen) atoms. The fourth-order valence-corrected chi connectivity index (χ4v) is 1.53. The van der Waals surface area contributed by atoms with E-state index in [0.717, 1.165) is 25.6 Å². The third-order valence-corrected chi connectivity index (χ3v) is 2.58. The first-order chi connectivity index (χ1) is 7.40. The summed E-state index contributed by atoms with van der Waals surface area (Å²) < 4.78 is 2.04. The Morgan fingerprint density at radius 2 is 2.47 bits per heavy atom. The Hall–Kier alpha value is -1.27. The Kier molecular flexibility index (Phi) is 3.41. The fraction of sp³-hybridized carbons (Fsp3) is 0.583. The van der Waals surface area contributed by atoms with Crippen LogP contribution in [0.3, 0.4) is 0 Å². The molecule has 0 amide bonds. The molecule has 1 aromatic heterocycles. The Labute approximate surface area is 90.9 Å². The number of nitrogens with one attached hydrogen (secondary N) is 1. The molecule has 0 bridgehead atoms. The molecule has 3 heteroatoms. The molecule has 0 spiro atoms. The van der Waals surface area contributed by atoms with Crippen LogP contribution in [0.2, 0.25) is 0 Å². The van der Waals surface area contributed by atoms with Crippen LogP contribution in [0.25, 0.3) is 0 Å². The number of aromatic nitrogens is 2. The van der Waals surface area contributed by atoms with Gasteiger partial charge in [0.15, 0.2) is 0 Å². The fourth-order valence-electron chi connectivity index (χ4n) is 1.53. The molecule has 0 aliphatic heterocycles. The van der Waals surface area contributed by atoms with E-state index in [2.05, 4.69) is 28.3 Å². The topological polar surface area (TPSA) is 29.9 Å². The van der Waals surface area contributed by atoms with Crippen molar-refractivity contribution < 1.29 is 0 Å². The molecule has 80 valence electrons. The molecular formula is C12H17N3. The van der Waals surface area contributed by atoms with Crippen LogP contribution in [0.5, 0.6) is 0 Å². The summed E-state index contributed by atoms with van der Waals surface area (Å²) >= 11 is 0. The van der Waals surface area contributed by atoms with Crippen molar-refractivity contribution in [2.45, 2.75) is 45.3 Å². The number of aryl methyl sites for hydroxylation is 1. The molecule has 3 nitrogen and oxygen atoms in total. The van der Waals surface area contributed by atoms with Gasteiger partial charge in [-0.15, -0.1) is 11.8 Å². The number of nitrogens with zero attached hydrogens (tertiary/aromatic N) is 2. The van der Waals surface area contributed by atoms with E-state index in [0.29, 0.717) is 0 Å². The average molecular weight is 203 g/mol. The molecule has 1 aromatic rings. The zero-order valence-corrected chi connectivity index (χ0v) is 9.16. The monoisotopic (exact) mass is 203 g/mol. The molecule has 1 fully saturated rings. The summed E-state index contributed by atoms with van der Waals surface area (Å²) in [6, 6.07) is 2.83. The Bertz CT molecular complexity index is 366. The van der Waals surface area contributed by atoms with Crippen LogP contribution >= 0.6 is 0 Å². The zero-order chi connectivity index (χ0) is 10.5. The van der Waals surface area contributed by atoms with Crippen molar-refractivity contribution in [2.24, 2.45) is 0 Å². The second-order valence-corrected chi connectivity index (χ2v) is 3.88. The number of hydrogen-bond donors (Lipinski definition) is 1. The highest BCUT2D eigenvalue weighted by molar-refractivity contribution is 5.02. The molecule has 0 aromatic carbocycles. The quantitative estimate of drug-likeness (QED) is 0.736. The van der Waals surface area contributed by atoms with E-state index < -0.39 is 0 Å². The van der Waals surface area contributed by atoms with Gasteiger partial charge in [0.2, 0.25) is 0 Å². The highest BCUT2D eigenvalue weighted by Crippen LogP contribution is 2.19. The summed E-state index contributed by atoms with van der Waals surface area (Å²) in [6.07, 6.45) is 5.41. The van der Waals surface area contributed by atoms with Crippen molar-refractivity contribution in [1.29, 1.82) is 0 Å². The summed E-state index contributed by atoms with van der Waals surface area (Å²) in [6.45, 7) is 3.71. The predicted octanol–water partition coefficient (Wildman–Crippen LogP) is 1.55. The molecule has 0 atom stereocenters. The van der Waals surface area contributed by atoms with Gasteiger partial charge in [-0.1, -0.05) is 0 Å². The summed E-state index contributed by atoms with van der Waals surface area (Å²) in [7, 11) is 0. The molecule has 0 radical (unpaired) electrons. The SMILES string of the molecule is CC#CCCn1nccc1CNC1CC1. The highest BCUT2D eigenvalue weighted by Gasteiger charge is 2.20. The van der Waals surface area contributed by atoms with Gasteiger partial charge in [0.1, 0.15) is 0 Å². The summed E-state index contributed by atoms with van der Waals surface area (Å²) in [5.41, 5.74) is 1.26. The largest absolute Gasteiger partial charge is 0.308 e. The maximum absolute atomic E-state index is 4.30. The van der Waals surface area contributed by atoms with Crippen LogP contribution in [0.15, 0.2) is 12.3 Å². The van der Waals surface area contributed by atoms with Gasteiger partial charge in [0, 0.05) is 25.2 Å². The second kappa shape index (κ2) is 4.99. The first kappa shape index (κ1) is 10.3. The van der Waals surface area contributed by atoms with Gasteiger partial charge >= 0.3 is 0 Å². The van der Waals surface area contributed by atoms with Crippen LogP contribution in [0.4, 0.5) is 0 Å². The summed E-state index contributed by atoms with van der Waals surface area (Å²) in [5.74, 6) is 5.96. The molecule has 2 rings (SSSR count). The van der Waals surface area contributed by atoms with E-state index in [1.807, 2.05) is 17.8 Å². The van der Waals surface area contributed by atoms with E-state index in [1.165, 1.54) is 18.5 Å². The maximum Gasteiger partial charge on any atom is 0.0522 e. The van der Waals surface area contributed by atoms with Gasteiger partial charge in [-0.3, -0.25) is 4.68 Å². The van der Waals surface area contributed by atoms with E-state index in [4.69, 9.17) is 0 Å². The molecular weight excluding hydrogens is 186 g/mol. The van der Waals surface area contributed by atoms with Gasteiger partial charge in [-0.2, -0.15) is 5.10 Å². The van der Waals surface area contributed by atoms with Gasteiger partial charge in [-0.05, 0) is 25.8 Å². The van der Waals surface area contributed by atoms with Crippen molar-refractivity contribution in [2.75, 3.05) is 0 Å². The maximum atomic E-state index is 4.30. The Balaban J connectivity index is 1.84. The van der Waals surface area contributed by atoms with E-state index in [9.17, 15) is 0 Å². The minimum absolute atomic E-state index is 0.754. The molecule has 0 unspecified atom stereocenters. The van der Waals surface area contributed by atoms with Crippen LogP contribution in [0.1, 0.15) is 31.9 Å². The predicted molar refractivity (Wildman–Crippen MR) is 60.2 cm³/mol. The third-order valence-electron chi connectivity index (χ3n) is 2.58. The van der Waals surface area contributed by atoms with Crippen molar-refractivity contribution >= 4 is 0 Å². The summed E-state index contributed by atoms with van der Waals surface area (Å²) in [4.78, 5) is 0. The Morgan fingerprint density at radius 1 is 1.60 bits per heavy atom. The Morgan fingerprint density at radius 3 is 3.20 bits per heavy atom. The third kappa shape index (κ3) is 3.10. The normalized spacial score (nSPS) is 14.7. The van der Waals surface area contributed by atoms with Gasteiger partial charge < -0.3 is 5.32 Å².